The van der Waals surface area contributed by atoms with E-state index < -0.39 is 5.97 Å². The van der Waals surface area contributed by atoms with Crippen molar-refractivity contribution in [2.75, 3.05) is 0 Å². The van der Waals surface area contributed by atoms with Crippen molar-refractivity contribution >= 4 is 43.9 Å². The number of benzene rings is 1. The highest BCUT2D eigenvalue weighted by atomic mass is 16.4. The molecule has 4 nitrogen and oxygen atoms in total. The van der Waals surface area contributed by atoms with Crippen LogP contribution in [0.4, 0.5) is 0 Å². The molecule has 0 amide bonds. The normalized spacial score (nSPS) is 10.4. The largest absolute Gasteiger partial charge is 0.478 e. The van der Waals surface area contributed by atoms with Crippen LogP contribution in [-0.2, 0) is 0 Å². The average Bonchev–Trinajstić information content (AvgIpc) is 2.19. The van der Waals surface area contributed by atoms with Gasteiger partial charge in [0.15, 0.2) is 0 Å². The first kappa shape index (κ1) is 9.70. The number of aromatic nitrogens is 2. The summed E-state index contributed by atoms with van der Waals surface area (Å²) in [6, 6.07) is 4.39. The quantitative estimate of drug-likeness (QED) is 0.586. The van der Waals surface area contributed by atoms with Crippen LogP contribution in [-0.4, -0.2) is 36.7 Å². The number of carboxylic acid groups (broad SMARTS) is 1. The van der Waals surface area contributed by atoms with E-state index in [-0.39, 0.29) is 16.8 Å². The molecule has 1 aromatic heterocycles. The third kappa shape index (κ3) is 1.70. The van der Waals surface area contributed by atoms with Gasteiger partial charge >= 0.3 is 5.97 Å². The number of fused-ring (bicyclic) bond motifs is 1. The predicted molar refractivity (Wildman–Crippen MR) is 57.3 cm³/mol. The molecule has 0 spiro atoms. The third-order valence-corrected chi connectivity index (χ3v) is 1.97. The SMILES string of the molecule is [B]c1nc2ccc(C(=O)O)cc2nc1[B]. The van der Waals surface area contributed by atoms with Crippen LogP contribution in [0.1, 0.15) is 10.4 Å². The summed E-state index contributed by atoms with van der Waals surface area (Å²) in [4.78, 5) is 18.6. The van der Waals surface area contributed by atoms with Crippen molar-refractivity contribution in [3.63, 3.8) is 0 Å². The highest BCUT2D eigenvalue weighted by Crippen LogP contribution is 2.09. The van der Waals surface area contributed by atoms with Crippen molar-refractivity contribution in [1.82, 2.24) is 9.97 Å². The smallest absolute Gasteiger partial charge is 0.335 e. The first-order valence-corrected chi connectivity index (χ1v) is 4.14. The summed E-state index contributed by atoms with van der Waals surface area (Å²) >= 11 is 0. The Morgan fingerprint density at radius 2 is 1.73 bits per heavy atom. The summed E-state index contributed by atoms with van der Waals surface area (Å²) in [6.45, 7) is 0. The van der Waals surface area contributed by atoms with Gasteiger partial charge in [0, 0.05) is 0 Å². The molecule has 4 radical (unpaired) electrons. The molecule has 0 aliphatic heterocycles. The van der Waals surface area contributed by atoms with Gasteiger partial charge in [-0.1, -0.05) is 0 Å². The zero-order chi connectivity index (χ0) is 11.0. The molecule has 6 heteroatoms. The lowest BCUT2D eigenvalue weighted by atomic mass is 9.90. The van der Waals surface area contributed by atoms with E-state index in [1.165, 1.54) is 12.1 Å². The van der Waals surface area contributed by atoms with E-state index in [4.69, 9.17) is 20.8 Å². The van der Waals surface area contributed by atoms with Crippen molar-refractivity contribution in [1.29, 1.82) is 0 Å². The summed E-state index contributed by atoms with van der Waals surface area (Å²) in [7, 11) is 10.9. The molecular formula is C9H4B2N2O2. The standard InChI is InChI=1S/C9H4B2N2O2/c10-7-8(11)13-6-3-4(9(14)15)1-2-5(6)12-7/h1-3H,(H,14,15). The van der Waals surface area contributed by atoms with Crippen LogP contribution in [0.15, 0.2) is 18.2 Å². The van der Waals surface area contributed by atoms with Crippen molar-refractivity contribution < 1.29 is 9.90 Å². The summed E-state index contributed by atoms with van der Waals surface area (Å²) in [5, 5.41) is 8.76. The molecule has 1 aromatic carbocycles. The zero-order valence-corrected chi connectivity index (χ0v) is 7.64. The Balaban J connectivity index is 2.72. The molecule has 1 heterocycles. The summed E-state index contributed by atoms with van der Waals surface area (Å²) in [5.41, 5.74) is 1.32. The van der Waals surface area contributed by atoms with E-state index in [2.05, 4.69) is 9.97 Å². The second-order valence-electron chi connectivity index (χ2n) is 3.00. The second kappa shape index (κ2) is 3.38. The molecule has 0 saturated heterocycles. The van der Waals surface area contributed by atoms with Crippen LogP contribution < -0.4 is 11.2 Å². The van der Waals surface area contributed by atoms with Crippen molar-refractivity contribution in [2.45, 2.75) is 0 Å². The molecule has 0 unspecified atom stereocenters. The van der Waals surface area contributed by atoms with Crippen molar-refractivity contribution in [3.05, 3.63) is 23.8 Å². The van der Waals surface area contributed by atoms with Crippen LogP contribution >= 0.6 is 0 Å². The fraction of sp³-hybridized carbons (Fsp3) is 0. The second-order valence-corrected chi connectivity index (χ2v) is 3.00. The van der Waals surface area contributed by atoms with E-state index in [1.54, 1.807) is 6.07 Å². The van der Waals surface area contributed by atoms with Gasteiger partial charge < -0.3 is 5.11 Å². The molecular weight excluding hydrogens is 190 g/mol. The number of carbonyl (C=O) groups is 1. The maximum absolute atomic E-state index is 10.7. The fourth-order valence-electron chi connectivity index (χ4n) is 1.21. The number of rotatable bonds is 1. The number of carboxylic acids is 1. The van der Waals surface area contributed by atoms with E-state index in [9.17, 15) is 4.79 Å². The van der Waals surface area contributed by atoms with Crippen LogP contribution in [0, 0.1) is 0 Å². The molecule has 0 atom stereocenters. The Bertz CT molecular complexity index is 557. The Morgan fingerprint density at radius 3 is 2.33 bits per heavy atom. The zero-order valence-electron chi connectivity index (χ0n) is 7.64. The van der Waals surface area contributed by atoms with E-state index >= 15 is 0 Å². The molecule has 0 saturated carbocycles. The van der Waals surface area contributed by atoms with Crippen LogP contribution in [0.2, 0.25) is 0 Å². The number of nitrogens with zero attached hydrogens (tertiary/aromatic N) is 2. The molecule has 2 rings (SSSR count). The predicted octanol–water partition coefficient (Wildman–Crippen LogP) is -1.08. The lowest BCUT2D eigenvalue weighted by Gasteiger charge is -2.03. The van der Waals surface area contributed by atoms with Gasteiger partial charge in [0.05, 0.1) is 16.6 Å². The molecule has 0 fully saturated rings. The lowest BCUT2D eigenvalue weighted by molar-refractivity contribution is 0.0697. The Hall–Kier alpha value is -1.84. The highest BCUT2D eigenvalue weighted by molar-refractivity contribution is 6.46. The van der Waals surface area contributed by atoms with Gasteiger partial charge in [0.2, 0.25) is 0 Å². The monoisotopic (exact) mass is 194 g/mol. The average molecular weight is 194 g/mol. The molecule has 15 heavy (non-hydrogen) atoms. The van der Waals surface area contributed by atoms with Crippen LogP contribution in [0.3, 0.4) is 0 Å². The first-order chi connectivity index (χ1) is 7.08. The fourth-order valence-corrected chi connectivity index (χ4v) is 1.21. The van der Waals surface area contributed by atoms with E-state index in [1.807, 2.05) is 0 Å². The Morgan fingerprint density at radius 1 is 1.13 bits per heavy atom. The van der Waals surface area contributed by atoms with Gasteiger partial charge in [0.25, 0.3) is 0 Å². The van der Waals surface area contributed by atoms with E-state index in [0.29, 0.717) is 11.0 Å². The molecule has 1 N–H and O–H groups in total. The van der Waals surface area contributed by atoms with Gasteiger partial charge in [-0.15, -0.1) is 0 Å². The van der Waals surface area contributed by atoms with Gasteiger partial charge in [-0.05, 0) is 29.4 Å². The molecule has 0 aliphatic rings. The molecule has 2 aromatic rings. The number of aromatic carboxylic acids is 1. The topological polar surface area (TPSA) is 63.1 Å². The first-order valence-electron chi connectivity index (χ1n) is 4.14. The van der Waals surface area contributed by atoms with Gasteiger partial charge in [0.1, 0.15) is 15.7 Å². The molecule has 0 bridgehead atoms. The Kier molecular flexibility index (Phi) is 2.19. The number of hydrogen-bond acceptors (Lipinski definition) is 3. The van der Waals surface area contributed by atoms with Gasteiger partial charge in [-0.3, -0.25) is 9.97 Å². The minimum atomic E-state index is -1.02. The third-order valence-electron chi connectivity index (χ3n) is 1.97. The van der Waals surface area contributed by atoms with Gasteiger partial charge in [-0.25, -0.2) is 4.79 Å². The summed E-state index contributed by atoms with van der Waals surface area (Å²) in [5.74, 6) is -1.02. The maximum atomic E-state index is 10.7. The van der Waals surface area contributed by atoms with Crippen LogP contribution in [0.25, 0.3) is 11.0 Å². The minimum Gasteiger partial charge on any atom is -0.478 e. The summed E-state index contributed by atoms with van der Waals surface area (Å²) in [6.07, 6.45) is 0. The maximum Gasteiger partial charge on any atom is 0.335 e. The van der Waals surface area contributed by atoms with E-state index in [0.717, 1.165) is 0 Å². The van der Waals surface area contributed by atoms with Crippen LogP contribution in [0.5, 0.6) is 0 Å². The van der Waals surface area contributed by atoms with Gasteiger partial charge in [-0.2, -0.15) is 0 Å². The summed E-state index contributed by atoms with van der Waals surface area (Å²) < 4.78 is 0. The van der Waals surface area contributed by atoms with Crippen molar-refractivity contribution in [3.8, 4) is 0 Å². The lowest BCUT2D eigenvalue weighted by Crippen LogP contribution is -2.31. The molecule has 0 aliphatic carbocycles. The highest BCUT2D eigenvalue weighted by Gasteiger charge is 2.06. The Labute approximate surface area is 88.2 Å². The molecule has 68 valence electrons. The number of hydrogen-bond donors (Lipinski definition) is 1. The minimum absolute atomic E-state index is 0.102. The van der Waals surface area contributed by atoms with Crippen molar-refractivity contribution in [2.24, 2.45) is 0 Å².